The Kier molecular flexibility index (Phi) is 4.18. The lowest BCUT2D eigenvalue weighted by Gasteiger charge is -2.10. The number of nitrogen functional groups attached to an aromatic ring is 1. The number of rotatable bonds is 6. The molecule has 1 amide bonds. The molecule has 0 fully saturated rings. The maximum atomic E-state index is 10.1. The lowest BCUT2D eigenvalue weighted by Crippen LogP contribution is -2.16. The Balaban J connectivity index is 2.16. The van der Waals surface area contributed by atoms with E-state index in [-0.39, 0.29) is 0 Å². The van der Waals surface area contributed by atoms with E-state index in [0.29, 0.717) is 13.0 Å². The topological polar surface area (TPSA) is 80.0 Å². The highest BCUT2D eigenvalue weighted by molar-refractivity contribution is 5.99. The predicted octanol–water partition coefficient (Wildman–Crippen LogP) is 1.67. The number of hydrogen-bond acceptors (Lipinski definition) is 4. The van der Waals surface area contributed by atoms with Crippen LogP contribution in [0.1, 0.15) is 12.0 Å². The smallest absolute Gasteiger partial charge is 0.207 e. The van der Waals surface area contributed by atoms with Crippen LogP contribution in [0.3, 0.4) is 0 Å². The summed E-state index contributed by atoms with van der Waals surface area (Å²) in [6, 6.07) is 5.95. The Morgan fingerprint density at radius 2 is 2.16 bits per heavy atom. The van der Waals surface area contributed by atoms with Gasteiger partial charge >= 0.3 is 0 Å². The number of carbonyl (C=O) groups is 1. The maximum Gasteiger partial charge on any atom is 0.207 e. The van der Waals surface area contributed by atoms with Crippen LogP contribution in [0, 0.1) is 6.92 Å². The number of aromatic nitrogens is 1. The normalized spacial score (nSPS) is 10.4. The van der Waals surface area contributed by atoms with E-state index in [1.807, 2.05) is 19.1 Å². The van der Waals surface area contributed by atoms with Gasteiger partial charge in [-0.05, 0) is 37.1 Å². The molecule has 0 spiro atoms. The van der Waals surface area contributed by atoms with Crippen molar-refractivity contribution in [2.75, 3.05) is 24.1 Å². The first-order valence-electron chi connectivity index (χ1n) is 6.28. The zero-order valence-corrected chi connectivity index (χ0v) is 10.9. The maximum absolute atomic E-state index is 10.1. The second kappa shape index (κ2) is 6.04. The monoisotopic (exact) mass is 258 g/mol. The van der Waals surface area contributed by atoms with E-state index in [1.54, 1.807) is 6.20 Å². The van der Waals surface area contributed by atoms with E-state index < -0.39 is 0 Å². The minimum Gasteiger partial charge on any atom is -0.398 e. The number of benzene rings is 1. The van der Waals surface area contributed by atoms with Crippen LogP contribution in [0.2, 0.25) is 0 Å². The number of fused-ring (bicyclic) bond motifs is 1. The average Bonchev–Trinajstić information content (AvgIpc) is 2.39. The molecule has 0 saturated heterocycles. The number of aryl methyl sites for hydroxylation is 1. The van der Waals surface area contributed by atoms with E-state index in [2.05, 4.69) is 21.7 Å². The molecule has 0 unspecified atom stereocenters. The molecule has 0 bridgehead atoms. The summed E-state index contributed by atoms with van der Waals surface area (Å²) in [6.45, 7) is 3.42. The van der Waals surface area contributed by atoms with Gasteiger partial charge in [0.05, 0.1) is 0 Å². The Morgan fingerprint density at radius 3 is 2.95 bits per heavy atom. The standard InChI is InChI=1S/C14H18N4O/c1-10-7-12-11(13(15)8-10)3-6-18-14(12)17-5-2-4-16-9-19/h3,6-9H,2,4-5,15H2,1H3,(H,16,19)(H,17,18). The van der Waals surface area contributed by atoms with Crippen molar-refractivity contribution in [3.05, 3.63) is 30.0 Å². The number of hydrogen-bond donors (Lipinski definition) is 3. The SMILES string of the molecule is Cc1cc(N)c2ccnc(NCCCNC=O)c2c1. The van der Waals surface area contributed by atoms with Crippen molar-refractivity contribution in [3.63, 3.8) is 0 Å². The van der Waals surface area contributed by atoms with Crippen LogP contribution in [0.5, 0.6) is 0 Å². The highest BCUT2D eigenvalue weighted by Gasteiger charge is 2.05. The number of nitrogens with two attached hydrogens (primary N) is 1. The van der Waals surface area contributed by atoms with Gasteiger partial charge in [-0.1, -0.05) is 0 Å². The molecule has 1 aromatic heterocycles. The molecule has 0 radical (unpaired) electrons. The number of carbonyl (C=O) groups excluding carboxylic acids is 1. The fraction of sp³-hybridized carbons (Fsp3) is 0.286. The zero-order chi connectivity index (χ0) is 13.7. The minimum absolute atomic E-state index is 0.655. The fourth-order valence-electron chi connectivity index (χ4n) is 2.06. The van der Waals surface area contributed by atoms with Crippen molar-refractivity contribution < 1.29 is 4.79 Å². The van der Waals surface area contributed by atoms with Gasteiger partial charge in [0, 0.05) is 35.7 Å². The van der Waals surface area contributed by atoms with Gasteiger partial charge in [0.25, 0.3) is 0 Å². The number of nitrogens with one attached hydrogen (secondary N) is 2. The largest absolute Gasteiger partial charge is 0.398 e. The van der Waals surface area contributed by atoms with Gasteiger partial charge < -0.3 is 16.4 Å². The van der Waals surface area contributed by atoms with Gasteiger partial charge in [0.2, 0.25) is 6.41 Å². The molecule has 2 aromatic rings. The first-order valence-corrected chi connectivity index (χ1v) is 6.28. The zero-order valence-electron chi connectivity index (χ0n) is 10.9. The lowest BCUT2D eigenvalue weighted by atomic mass is 10.1. The van der Waals surface area contributed by atoms with Crippen molar-refractivity contribution in [1.29, 1.82) is 0 Å². The van der Waals surface area contributed by atoms with Gasteiger partial charge in [-0.2, -0.15) is 0 Å². The highest BCUT2D eigenvalue weighted by atomic mass is 16.1. The lowest BCUT2D eigenvalue weighted by molar-refractivity contribution is -0.109. The van der Waals surface area contributed by atoms with Crippen molar-refractivity contribution in [2.24, 2.45) is 0 Å². The summed E-state index contributed by atoms with van der Waals surface area (Å²) in [4.78, 5) is 14.5. The molecule has 0 atom stereocenters. The molecule has 0 saturated carbocycles. The Labute approximate surface area is 112 Å². The third-order valence-corrected chi connectivity index (χ3v) is 2.93. The molecule has 2 rings (SSSR count). The van der Waals surface area contributed by atoms with Crippen LogP contribution in [0.15, 0.2) is 24.4 Å². The van der Waals surface area contributed by atoms with E-state index in [0.717, 1.165) is 40.8 Å². The number of amides is 1. The molecule has 0 aliphatic rings. The molecule has 100 valence electrons. The summed E-state index contributed by atoms with van der Waals surface area (Å²) < 4.78 is 0. The number of nitrogens with zero attached hydrogens (tertiary/aromatic N) is 1. The van der Waals surface area contributed by atoms with E-state index >= 15 is 0 Å². The second-order valence-electron chi connectivity index (χ2n) is 4.46. The van der Waals surface area contributed by atoms with Gasteiger partial charge in [0.15, 0.2) is 0 Å². The summed E-state index contributed by atoms with van der Waals surface area (Å²) in [5, 5.41) is 7.95. The highest BCUT2D eigenvalue weighted by Crippen LogP contribution is 2.27. The van der Waals surface area contributed by atoms with Gasteiger partial charge in [-0.3, -0.25) is 4.79 Å². The molecule has 5 heteroatoms. The molecule has 5 nitrogen and oxygen atoms in total. The molecule has 1 aromatic carbocycles. The third kappa shape index (κ3) is 3.13. The van der Waals surface area contributed by atoms with Gasteiger partial charge in [-0.25, -0.2) is 4.98 Å². The van der Waals surface area contributed by atoms with E-state index in [9.17, 15) is 4.79 Å². The predicted molar refractivity (Wildman–Crippen MR) is 78.1 cm³/mol. The van der Waals surface area contributed by atoms with Crippen molar-refractivity contribution in [3.8, 4) is 0 Å². The molecule has 0 aliphatic carbocycles. The summed E-state index contributed by atoms with van der Waals surface area (Å²) in [5.41, 5.74) is 7.90. The van der Waals surface area contributed by atoms with Gasteiger partial charge in [-0.15, -0.1) is 0 Å². The molecule has 4 N–H and O–H groups in total. The number of pyridine rings is 1. The minimum atomic E-state index is 0.655. The quantitative estimate of drug-likeness (QED) is 0.418. The summed E-state index contributed by atoms with van der Waals surface area (Å²) in [7, 11) is 0. The Hall–Kier alpha value is -2.30. The molecular formula is C14H18N4O. The molecular weight excluding hydrogens is 240 g/mol. The molecule has 0 aliphatic heterocycles. The Bertz CT molecular complexity index is 583. The first-order chi connectivity index (χ1) is 9.22. The second-order valence-corrected chi connectivity index (χ2v) is 4.46. The first kappa shape index (κ1) is 13.1. The Morgan fingerprint density at radius 1 is 1.32 bits per heavy atom. The van der Waals surface area contributed by atoms with Crippen LogP contribution >= 0.6 is 0 Å². The van der Waals surface area contributed by atoms with Crippen LogP contribution in [0.25, 0.3) is 10.8 Å². The van der Waals surface area contributed by atoms with Crippen molar-refractivity contribution in [2.45, 2.75) is 13.3 Å². The van der Waals surface area contributed by atoms with Crippen LogP contribution < -0.4 is 16.4 Å². The third-order valence-electron chi connectivity index (χ3n) is 2.93. The summed E-state index contributed by atoms with van der Waals surface area (Å²) in [5.74, 6) is 0.832. The summed E-state index contributed by atoms with van der Waals surface area (Å²) in [6.07, 6.45) is 3.30. The van der Waals surface area contributed by atoms with Crippen molar-refractivity contribution >= 4 is 28.7 Å². The van der Waals surface area contributed by atoms with Gasteiger partial charge in [0.1, 0.15) is 5.82 Å². The van der Waals surface area contributed by atoms with Crippen LogP contribution in [-0.2, 0) is 4.79 Å². The number of anilines is 2. The van der Waals surface area contributed by atoms with Crippen molar-refractivity contribution in [1.82, 2.24) is 10.3 Å². The molecule has 19 heavy (non-hydrogen) atoms. The van der Waals surface area contributed by atoms with Crippen LogP contribution in [0.4, 0.5) is 11.5 Å². The summed E-state index contributed by atoms with van der Waals surface area (Å²) >= 11 is 0. The van der Waals surface area contributed by atoms with E-state index in [1.165, 1.54) is 0 Å². The molecule has 1 heterocycles. The average molecular weight is 258 g/mol. The fourth-order valence-corrected chi connectivity index (χ4v) is 2.06. The van der Waals surface area contributed by atoms with E-state index in [4.69, 9.17) is 5.73 Å². The van der Waals surface area contributed by atoms with Crippen LogP contribution in [-0.4, -0.2) is 24.5 Å².